The molecule has 0 fully saturated rings. The molecule has 0 amide bonds. The molecule has 0 atom stereocenters. The molecule has 3 rings (SSSR count). The zero-order chi connectivity index (χ0) is 12.2. The van der Waals surface area contributed by atoms with Crippen LogP contribution in [0.1, 0.15) is 5.56 Å². The predicted molar refractivity (Wildman–Crippen MR) is 74.1 cm³/mol. The summed E-state index contributed by atoms with van der Waals surface area (Å²) in [6.07, 6.45) is 0. The standard InChI is InChI=1S/C7H7.2C5H5.Lu/c1-7-5-3-2-4-6-7;2*1-2-4-5-3-1;/h3-6H,1H3;2*1-5H;/q3*-1;+3. The molecule has 0 nitrogen and oxygen atoms in total. The number of hydrogen-bond donors (Lipinski definition) is 0. The van der Waals surface area contributed by atoms with Gasteiger partial charge in [0.2, 0.25) is 0 Å². The Labute approximate surface area is 139 Å². The molecule has 0 spiro atoms. The van der Waals surface area contributed by atoms with Gasteiger partial charge < -0.3 is 0 Å². The number of rotatable bonds is 0. The van der Waals surface area contributed by atoms with Crippen LogP contribution in [0.25, 0.3) is 0 Å². The molecule has 3 aromatic carbocycles. The van der Waals surface area contributed by atoms with Crippen LogP contribution in [0.5, 0.6) is 0 Å². The maximum Gasteiger partial charge on any atom is 3.00 e. The summed E-state index contributed by atoms with van der Waals surface area (Å²) in [5.41, 5.74) is 1.29. The van der Waals surface area contributed by atoms with Crippen molar-refractivity contribution in [2.24, 2.45) is 0 Å². The van der Waals surface area contributed by atoms with Gasteiger partial charge in [-0.15, -0.1) is 0 Å². The van der Waals surface area contributed by atoms with E-state index in [9.17, 15) is 0 Å². The van der Waals surface area contributed by atoms with Gasteiger partial charge in [-0.05, 0) is 0 Å². The first-order valence-electron chi connectivity index (χ1n) is 5.65. The first kappa shape index (κ1) is 17.2. The first-order chi connectivity index (χ1) is 8.39. The second-order valence-corrected chi connectivity index (χ2v) is 3.50. The van der Waals surface area contributed by atoms with E-state index in [0.29, 0.717) is 0 Å². The van der Waals surface area contributed by atoms with E-state index < -0.39 is 0 Å². The Kier molecular flexibility index (Phi) is 12.0. The van der Waals surface area contributed by atoms with Crippen molar-refractivity contribution < 1.29 is 36.9 Å². The largest absolute Gasteiger partial charge is 3.00 e. The fourth-order valence-electron chi connectivity index (χ4n) is 1.11. The monoisotopic (exact) mass is 396 g/mol. The van der Waals surface area contributed by atoms with Crippen LogP contribution in [0, 0.1) is 49.9 Å². The van der Waals surface area contributed by atoms with E-state index in [-0.39, 0.29) is 36.9 Å². The second-order valence-electron chi connectivity index (χ2n) is 3.50. The number of aryl methyl sites for hydroxylation is 1. The van der Waals surface area contributed by atoms with E-state index in [0.717, 1.165) is 0 Å². The predicted octanol–water partition coefficient (Wildman–Crippen LogP) is 4.61. The molecule has 0 aromatic heterocycles. The van der Waals surface area contributed by atoms with E-state index >= 15 is 0 Å². The van der Waals surface area contributed by atoms with E-state index in [1.165, 1.54) is 5.56 Å². The van der Waals surface area contributed by atoms with Gasteiger partial charge in [-0.2, -0.15) is 72.3 Å². The Balaban J connectivity index is 0.000000239. The van der Waals surface area contributed by atoms with Crippen LogP contribution < -0.4 is 0 Å². The summed E-state index contributed by atoms with van der Waals surface area (Å²) >= 11 is 0. The van der Waals surface area contributed by atoms with Crippen LogP contribution in [-0.2, 0) is 0 Å². The van der Waals surface area contributed by atoms with Gasteiger partial charge in [-0.1, -0.05) is 6.92 Å². The van der Waals surface area contributed by atoms with Crippen LogP contribution in [0.15, 0.2) is 84.9 Å². The van der Waals surface area contributed by atoms with E-state index in [1.807, 2.05) is 84.9 Å². The molecule has 0 saturated heterocycles. The quantitative estimate of drug-likeness (QED) is 0.487. The van der Waals surface area contributed by atoms with Crippen LogP contribution >= 0.6 is 0 Å². The van der Waals surface area contributed by atoms with Crippen molar-refractivity contribution in [2.45, 2.75) is 6.92 Å². The third-order valence-electron chi connectivity index (χ3n) is 2.00. The summed E-state index contributed by atoms with van der Waals surface area (Å²) in [4.78, 5) is 0. The minimum Gasteiger partial charge on any atom is -0.214 e. The minimum atomic E-state index is 0. The molecule has 0 heterocycles. The maximum atomic E-state index is 2.93. The molecular formula is C17H17Lu. The average molecular weight is 396 g/mol. The average Bonchev–Trinajstić information content (AvgIpc) is 3.09. The molecule has 0 saturated carbocycles. The first-order valence-corrected chi connectivity index (χ1v) is 5.65. The van der Waals surface area contributed by atoms with Crippen molar-refractivity contribution >= 4 is 0 Å². The van der Waals surface area contributed by atoms with Gasteiger partial charge in [0.15, 0.2) is 0 Å². The Bertz CT molecular complexity index is 363. The van der Waals surface area contributed by atoms with Crippen molar-refractivity contribution in [3.63, 3.8) is 0 Å². The summed E-state index contributed by atoms with van der Waals surface area (Å²) in [6.45, 7) is 2.06. The van der Waals surface area contributed by atoms with Gasteiger partial charge in [-0.25, -0.2) is 24.3 Å². The molecule has 0 radical (unpaired) electrons. The Hall–Kier alpha value is -0.846. The molecule has 0 aliphatic heterocycles. The molecule has 0 aliphatic carbocycles. The SMILES string of the molecule is Cc1cc[c-]cc1.[Lu+3].c1cc[cH-]c1.c1cc[cH-]c1. The van der Waals surface area contributed by atoms with E-state index in [2.05, 4.69) is 13.0 Å². The molecule has 18 heavy (non-hydrogen) atoms. The van der Waals surface area contributed by atoms with Crippen LogP contribution in [0.2, 0.25) is 0 Å². The molecule has 0 N–H and O–H groups in total. The Morgan fingerprint density at radius 2 is 1.17 bits per heavy atom. The van der Waals surface area contributed by atoms with Crippen molar-refractivity contribution in [2.75, 3.05) is 0 Å². The minimum absolute atomic E-state index is 0. The fourth-order valence-corrected chi connectivity index (χ4v) is 1.11. The Morgan fingerprint density at radius 1 is 0.778 bits per heavy atom. The molecule has 1 heteroatoms. The van der Waals surface area contributed by atoms with E-state index in [4.69, 9.17) is 0 Å². The van der Waals surface area contributed by atoms with Gasteiger partial charge in [0.25, 0.3) is 0 Å². The molecule has 0 aliphatic rings. The third kappa shape index (κ3) is 10.3. The van der Waals surface area contributed by atoms with Crippen LogP contribution in [0.3, 0.4) is 0 Å². The molecular weight excluding hydrogens is 379 g/mol. The molecule has 3 aromatic rings. The topological polar surface area (TPSA) is 0 Å². The van der Waals surface area contributed by atoms with Gasteiger partial charge in [0, 0.05) is 0 Å². The Morgan fingerprint density at radius 3 is 1.33 bits per heavy atom. The van der Waals surface area contributed by atoms with Gasteiger partial charge in [-0.3, -0.25) is 0 Å². The third-order valence-corrected chi connectivity index (χ3v) is 2.00. The van der Waals surface area contributed by atoms with Gasteiger partial charge >= 0.3 is 36.9 Å². The van der Waals surface area contributed by atoms with Crippen LogP contribution in [0.4, 0.5) is 0 Å². The van der Waals surface area contributed by atoms with Crippen molar-refractivity contribution in [3.8, 4) is 0 Å². The summed E-state index contributed by atoms with van der Waals surface area (Å²) in [5, 5.41) is 0. The molecule has 100 valence electrons. The number of benzene rings is 1. The van der Waals surface area contributed by atoms with Gasteiger partial charge in [0.05, 0.1) is 0 Å². The zero-order valence-corrected chi connectivity index (χ0v) is 12.0. The van der Waals surface area contributed by atoms with Crippen molar-refractivity contribution in [3.05, 3.63) is 96.6 Å². The summed E-state index contributed by atoms with van der Waals surface area (Å²) in [5.74, 6) is 0. The summed E-state index contributed by atoms with van der Waals surface area (Å²) in [6, 6.07) is 30.8. The van der Waals surface area contributed by atoms with Crippen molar-refractivity contribution in [1.29, 1.82) is 0 Å². The second kappa shape index (κ2) is 12.6. The van der Waals surface area contributed by atoms with Crippen LogP contribution in [-0.4, -0.2) is 0 Å². The summed E-state index contributed by atoms with van der Waals surface area (Å²) in [7, 11) is 0. The summed E-state index contributed by atoms with van der Waals surface area (Å²) < 4.78 is 0. The smallest absolute Gasteiger partial charge is 0.214 e. The molecule has 0 unspecified atom stereocenters. The van der Waals surface area contributed by atoms with Gasteiger partial charge in [0.1, 0.15) is 0 Å². The fraction of sp³-hybridized carbons (Fsp3) is 0.0588. The normalized spacial score (nSPS) is 7.83. The van der Waals surface area contributed by atoms with E-state index in [1.54, 1.807) is 0 Å². The zero-order valence-electron chi connectivity index (χ0n) is 10.3. The number of hydrogen-bond acceptors (Lipinski definition) is 0. The van der Waals surface area contributed by atoms with Crippen molar-refractivity contribution in [1.82, 2.24) is 0 Å². The maximum absolute atomic E-state index is 2.93. The molecule has 0 bridgehead atoms.